The van der Waals surface area contributed by atoms with Crippen LogP contribution in [-0.2, 0) is 18.9 Å². The van der Waals surface area contributed by atoms with Crippen molar-refractivity contribution in [1.29, 1.82) is 0 Å². The summed E-state index contributed by atoms with van der Waals surface area (Å²) in [5.74, 6) is 50.8. The Kier molecular flexibility index (Phi) is 10.6. The van der Waals surface area contributed by atoms with Gasteiger partial charge in [0.15, 0.2) is 0 Å². The van der Waals surface area contributed by atoms with E-state index >= 15 is 0 Å². The molecule has 4 heteroatoms. The predicted molar refractivity (Wildman–Crippen MR) is 136 cm³/mol. The number of hydrogen-bond acceptors (Lipinski definition) is 4. The molecule has 0 aromatic heterocycles. The summed E-state index contributed by atoms with van der Waals surface area (Å²) in [5.41, 5.74) is -6.46. The highest BCUT2D eigenvalue weighted by molar-refractivity contribution is 5.54. The van der Waals surface area contributed by atoms with E-state index < -0.39 is 22.4 Å². The Morgan fingerprint density at radius 3 is 0.583 bits per heavy atom. The number of hydrogen-bond donors (Lipinski definition) is 0. The smallest absolute Gasteiger partial charge is 0.255 e. The summed E-state index contributed by atoms with van der Waals surface area (Å²) in [4.78, 5) is 0. The van der Waals surface area contributed by atoms with Crippen molar-refractivity contribution in [2.45, 2.75) is 22.4 Å². The van der Waals surface area contributed by atoms with Gasteiger partial charge in [-0.1, -0.05) is 0 Å². The van der Waals surface area contributed by atoms with E-state index in [0.717, 1.165) is 0 Å². The summed E-state index contributed by atoms with van der Waals surface area (Å²) in [6, 6.07) is 0. The lowest BCUT2D eigenvalue weighted by molar-refractivity contribution is 0.138. The van der Waals surface area contributed by atoms with Gasteiger partial charge < -0.3 is 18.9 Å². The summed E-state index contributed by atoms with van der Waals surface area (Å²) in [6.07, 6.45) is 22.3. The van der Waals surface area contributed by atoms with Gasteiger partial charge in [0.2, 0.25) is 0 Å². The van der Waals surface area contributed by atoms with Crippen molar-refractivity contribution in [2.75, 3.05) is 28.4 Å². The van der Waals surface area contributed by atoms with Gasteiger partial charge in [0, 0.05) is 28.4 Å². The number of terminal acetylenes is 4. The van der Waals surface area contributed by atoms with Gasteiger partial charge in [-0.25, -0.2) is 0 Å². The van der Waals surface area contributed by atoms with Gasteiger partial charge in [-0.3, -0.25) is 0 Å². The van der Waals surface area contributed by atoms with E-state index in [-0.39, 0.29) is 0 Å². The predicted octanol–water partition coefficient (Wildman–Crippen LogP) is 0.101. The number of rotatable bonds is 4. The quantitative estimate of drug-likeness (QED) is 0.554. The molecular formula is C32H16O4. The first kappa shape index (κ1) is 28.6. The van der Waals surface area contributed by atoms with E-state index in [0.29, 0.717) is 0 Å². The highest BCUT2D eigenvalue weighted by Gasteiger charge is 2.24. The van der Waals surface area contributed by atoms with Crippen LogP contribution in [0.5, 0.6) is 0 Å². The largest absolute Gasteiger partial charge is 0.345 e. The molecule has 0 fully saturated rings. The Hall–Kier alpha value is -5.44. The molecule has 0 N–H and O–H groups in total. The second-order valence-electron chi connectivity index (χ2n) is 6.12. The topological polar surface area (TPSA) is 36.9 Å². The van der Waals surface area contributed by atoms with Crippen molar-refractivity contribution in [3.05, 3.63) is 0 Å². The highest BCUT2D eigenvalue weighted by atomic mass is 16.5. The lowest BCUT2D eigenvalue weighted by Gasteiger charge is -2.13. The molecule has 0 aliphatic heterocycles. The van der Waals surface area contributed by atoms with Crippen molar-refractivity contribution in [1.82, 2.24) is 0 Å². The third kappa shape index (κ3) is 7.29. The van der Waals surface area contributed by atoms with Gasteiger partial charge in [-0.15, -0.1) is 25.7 Å². The SMILES string of the molecule is C#CC1(OC)C#CC#CC(C#C)(OC)C#CC#CC(C#C)(OC)C#CC#CC(C#C)(OC)C#CC#C1. The molecule has 1 aliphatic carbocycles. The zero-order valence-corrected chi connectivity index (χ0v) is 19.9. The van der Waals surface area contributed by atoms with E-state index in [1.807, 2.05) is 0 Å². The second-order valence-corrected chi connectivity index (χ2v) is 6.12. The third-order valence-electron chi connectivity index (χ3n) is 4.20. The molecule has 168 valence electrons. The number of methoxy groups -OCH3 is 4. The van der Waals surface area contributed by atoms with Crippen LogP contribution < -0.4 is 0 Å². The Bertz CT molecular complexity index is 1250. The average Bonchev–Trinajstić information content (AvgIpc) is 2.93. The summed E-state index contributed by atoms with van der Waals surface area (Å²) >= 11 is 0. The monoisotopic (exact) mass is 464 g/mol. The summed E-state index contributed by atoms with van der Waals surface area (Å²) in [7, 11) is 5.31. The molecule has 0 saturated carbocycles. The van der Waals surface area contributed by atoms with Crippen LogP contribution in [0.2, 0.25) is 0 Å². The van der Waals surface area contributed by atoms with Crippen molar-refractivity contribution in [3.63, 3.8) is 0 Å². The molecule has 0 aromatic carbocycles. The molecule has 0 radical (unpaired) electrons. The minimum atomic E-state index is -1.62. The molecule has 0 bridgehead atoms. The lowest BCUT2D eigenvalue weighted by Crippen LogP contribution is -2.26. The zero-order valence-electron chi connectivity index (χ0n) is 19.9. The maximum atomic E-state index is 5.57. The Labute approximate surface area is 213 Å². The maximum Gasteiger partial charge on any atom is 0.255 e. The third-order valence-corrected chi connectivity index (χ3v) is 4.20. The standard InChI is InChI=1S/C32H16O4/c1-9-29(33-5)21-13-15-23-30(10-2,34-6)25-17-19-27-32(12-4,36-8)28-20-18-26-31(11-3,35-7)24-16-14-22-29/h1-4H,5-8H3. The van der Waals surface area contributed by atoms with Crippen LogP contribution in [0.1, 0.15) is 0 Å². The minimum absolute atomic E-state index is 1.33. The van der Waals surface area contributed by atoms with Gasteiger partial charge >= 0.3 is 0 Å². The second kappa shape index (κ2) is 13.3. The molecular weight excluding hydrogens is 448 g/mol. The van der Waals surface area contributed by atoms with Gasteiger partial charge in [-0.05, 0) is 118 Å². The fourth-order valence-electron chi connectivity index (χ4n) is 2.01. The molecule has 0 heterocycles. The summed E-state index contributed by atoms with van der Waals surface area (Å²) in [6.45, 7) is 0. The minimum Gasteiger partial charge on any atom is -0.345 e. The number of ether oxygens (including phenoxy) is 4. The average molecular weight is 464 g/mol. The van der Waals surface area contributed by atoms with Gasteiger partial charge in [0.25, 0.3) is 22.4 Å². The van der Waals surface area contributed by atoms with E-state index in [4.69, 9.17) is 44.6 Å². The first-order valence-corrected chi connectivity index (χ1v) is 9.60. The van der Waals surface area contributed by atoms with Crippen molar-refractivity contribution in [3.8, 4) is 144 Å². The summed E-state index contributed by atoms with van der Waals surface area (Å²) < 4.78 is 21.1. The van der Waals surface area contributed by atoms with E-state index in [9.17, 15) is 0 Å². The van der Waals surface area contributed by atoms with Crippen LogP contribution in [0.4, 0.5) is 0 Å². The molecule has 0 aromatic rings. The van der Waals surface area contributed by atoms with Gasteiger partial charge in [0.05, 0.1) is 0 Å². The van der Waals surface area contributed by atoms with Crippen molar-refractivity contribution in [2.24, 2.45) is 0 Å². The van der Waals surface area contributed by atoms with Crippen molar-refractivity contribution >= 4 is 0 Å². The Balaban J connectivity index is 3.94. The molecule has 0 spiro atoms. The van der Waals surface area contributed by atoms with Crippen LogP contribution in [0.3, 0.4) is 0 Å². The molecule has 0 saturated heterocycles. The van der Waals surface area contributed by atoms with Crippen LogP contribution in [0, 0.1) is 144 Å². The fraction of sp³-hybridized carbons (Fsp3) is 0.250. The maximum absolute atomic E-state index is 5.57. The molecule has 0 unspecified atom stereocenters. The van der Waals surface area contributed by atoms with E-state index in [1.165, 1.54) is 28.4 Å². The van der Waals surface area contributed by atoms with Crippen LogP contribution in [-0.4, -0.2) is 50.8 Å². The van der Waals surface area contributed by atoms with Crippen molar-refractivity contribution < 1.29 is 18.9 Å². The first-order chi connectivity index (χ1) is 17.3. The van der Waals surface area contributed by atoms with E-state index in [1.54, 1.807) is 0 Å². The summed E-state index contributed by atoms with van der Waals surface area (Å²) in [5, 5.41) is 0. The van der Waals surface area contributed by atoms with Crippen LogP contribution >= 0.6 is 0 Å². The normalized spacial score (nSPS) is 27.1. The fourth-order valence-corrected chi connectivity index (χ4v) is 2.01. The van der Waals surface area contributed by atoms with Gasteiger partial charge in [-0.2, -0.15) is 0 Å². The first-order valence-electron chi connectivity index (χ1n) is 9.60. The molecule has 4 nitrogen and oxygen atoms in total. The highest BCUT2D eigenvalue weighted by Crippen LogP contribution is 2.09. The Morgan fingerprint density at radius 1 is 0.361 bits per heavy atom. The lowest BCUT2D eigenvalue weighted by atomic mass is 10.0. The molecule has 1 rings (SSSR count). The molecule has 1 aliphatic rings. The van der Waals surface area contributed by atoms with Crippen LogP contribution in [0.25, 0.3) is 0 Å². The van der Waals surface area contributed by atoms with Gasteiger partial charge in [0.1, 0.15) is 0 Å². The van der Waals surface area contributed by atoms with Crippen LogP contribution in [0.15, 0.2) is 0 Å². The zero-order chi connectivity index (χ0) is 27.0. The van der Waals surface area contributed by atoms with E-state index in [2.05, 4.69) is 118 Å². The Morgan fingerprint density at radius 2 is 0.500 bits per heavy atom. The molecule has 0 amide bonds. The molecule has 36 heavy (non-hydrogen) atoms. The molecule has 0 atom stereocenters.